The van der Waals surface area contributed by atoms with Gasteiger partial charge in [-0.05, 0) is 62.2 Å². The number of aryl methyl sites for hydroxylation is 1. The van der Waals surface area contributed by atoms with E-state index in [2.05, 4.69) is 19.2 Å². The largest absolute Gasteiger partial charge is 0.323 e. The van der Waals surface area contributed by atoms with Gasteiger partial charge >= 0.3 is 6.03 Å². The number of rotatable bonds is 3. The maximum Gasteiger partial charge on any atom is 0.323 e. The van der Waals surface area contributed by atoms with Crippen molar-refractivity contribution < 1.29 is 14.0 Å². The Balaban J connectivity index is 1.55. The van der Waals surface area contributed by atoms with Crippen LogP contribution < -0.4 is 10.2 Å². The number of carbonyl (C=O) groups is 2. The average molecular weight is 476 g/mol. The average Bonchev–Trinajstić information content (AvgIpc) is 3.22. The van der Waals surface area contributed by atoms with Gasteiger partial charge in [0, 0.05) is 22.5 Å². The summed E-state index contributed by atoms with van der Waals surface area (Å²) in [6.07, 6.45) is 0. The van der Waals surface area contributed by atoms with E-state index in [1.165, 1.54) is 23.9 Å². The second-order valence-corrected chi connectivity index (χ2v) is 11.3. The summed E-state index contributed by atoms with van der Waals surface area (Å²) >= 11 is 1.51. The van der Waals surface area contributed by atoms with E-state index in [0.717, 1.165) is 22.4 Å². The monoisotopic (exact) mass is 475 g/mol. The van der Waals surface area contributed by atoms with E-state index >= 15 is 0 Å². The quantitative estimate of drug-likeness (QED) is 0.514. The van der Waals surface area contributed by atoms with Crippen molar-refractivity contribution in [1.29, 1.82) is 0 Å². The highest BCUT2D eigenvalue weighted by Gasteiger charge is 2.63. The molecule has 1 unspecified atom stereocenters. The molecule has 1 spiro atoms. The zero-order chi connectivity index (χ0) is 24.1. The second-order valence-electron chi connectivity index (χ2n) is 9.43. The maximum atomic E-state index is 14.2. The number of nitrogens with zero attached hydrogens (tertiary/aromatic N) is 2. The fourth-order valence-electron chi connectivity index (χ4n) is 4.80. The number of fused-ring (bicyclic) bond motifs is 2. The van der Waals surface area contributed by atoms with Crippen LogP contribution in [0.4, 0.5) is 20.6 Å². The molecule has 3 aromatic carbocycles. The number of para-hydroxylation sites is 1. The molecule has 0 bridgehead atoms. The summed E-state index contributed by atoms with van der Waals surface area (Å²) < 4.78 is 13.1. The van der Waals surface area contributed by atoms with Gasteiger partial charge in [-0.15, -0.1) is 11.8 Å². The van der Waals surface area contributed by atoms with Crippen LogP contribution >= 0.6 is 11.8 Å². The van der Waals surface area contributed by atoms with Gasteiger partial charge in [0.2, 0.25) is 0 Å². The maximum absolute atomic E-state index is 14.2. The zero-order valence-electron chi connectivity index (χ0n) is 19.3. The van der Waals surface area contributed by atoms with Gasteiger partial charge in [0.05, 0.1) is 12.2 Å². The molecule has 2 heterocycles. The molecule has 34 heavy (non-hydrogen) atoms. The number of nitrogens with one attached hydrogen (secondary N) is 1. The van der Waals surface area contributed by atoms with E-state index in [-0.39, 0.29) is 22.5 Å². The lowest BCUT2D eigenvalue weighted by atomic mass is 10.0. The van der Waals surface area contributed by atoms with Crippen LogP contribution in [0.2, 0.25) is 0 Å². The van der Waals surface area contributed by atoms with Crippen LogP contribution in [0.5, 0.6) is 0 Å². The van der Waals surface area contributed by atoms with Crippen LogP contribution in [0.3, 0.4) is 0 Å². The Labute approximate surface area is 202 Å². The third-order valence-electron chi connectivity index (χ3n) is 6.21. The fourth-order valence-corrected chi connectivity index (χ4v) is 6.53. The molecule has 2 aliphatic heterocycles. The first-order valence-corrected chi connectivity index (χ1v) is 12.0. The normalized spacial score (nSPS) is 20.6. The molecule has 0 radical (unpaired) electrons. The Morgan fingerprint density at radius 1 is 1.06 bits per heavy atom. The summed E-state index contributed by atoms with van der Waals surface area (Å²) in [7, 11) is 0. The number of urea groups is 1. The molecule has 1 N–H and O–H groups in total. The van der Waals surface area contributed by atoms with E-state index in [4.69, 9.17) is 0 Å². The molecule has 5 nitrogen and oxygen atoms in total. The first-order chi connectivity index (χ1) is 16.2. The Kier molecular flexibility index (Phi) is 5.40. The number of benzene rings is 3. The summed E-state index contributed by atoms with van der Waals surface area (Å²) in [5.41, 5.74) is 4.13. The minimum absolute atomic E-state index is 0.159. The van der Waals surface area contributed by atoms with Crippen molar-refractivity contribution >= 4 is 35.1 Å². The molecular formula is C27H26FN3O2S. The Bertz CT molecular complexity index is 1280. The van der Waals surface area contributed by atoms with E-state index in [0.29, 0.717) is 18.8 Å². The summed E-state index contributed by atoms with van der Waals surface area (Å²) in [5, 5.41) is 3.00. The number of halogens is 1. The van der Waals surface area contributed by atoms with Gasteiger partial charge in [0.25, 0.3) is 5.91 Å². The molecule has 3 amide bonds. The first kappa shape index (κ1) is 22.5. The highest BCUT2D eigenvalue weighted by atomic mass is 32.2. The lowest BCUT2D eigenvalue weighted by Gasteiger charge is -2.33. The highest BCUT2D eigenvalue weighted by molar-refractivity contribution is 8.02. The molecule has 0 aromatic heterocycles. The fraction of sp³-hybridized carbons (Fsp3) is 0.259. The molecule has 3 aromatic rings. The SMILES string of the molecule is Cc1cccc(NC(=O)N2CC(C)(C)SC23C(=O)N(Cc2ccc(F)cc2)c2ccccc23)c1. The van der Waals surface area contributed by atoms with Gasteiger partial charge < -0.3 is 10.2 Å². The summed E-state index contributed by atoms with van der Waals surface area (Å²) in [4.78, 5) is 30.0. The van der Waals surface area contributed by atoms with E-state index < -0.39 is 4.87 Å². The standard InChI is InChI=1S/C27H26FN3O2S/c1-18-7-6-8-21(15-18)29-25(33)31-17-26(2,3)34-27(31)22-9-4-5-10-23(22)30(24(27)32)16-19-11-13-20(28)14-12-19/h4-15H,16-17H2,1-3H3,(H,29,33). The van der Waals surface area contributed by atoms with Crippen molar-refractivity contribution in [2.45, 2.75) is 36.9 Å². The van der Waals surface area contributed by atoms with Crippen LogP contribution in [0.1, 0.15) is 30.5 Å². The molecule has 7 heteroatoms. The van der Waals surface area contributed by atoms with Crippen molar-refractivity contribution in [3.63, 3.8) is 0 Å². The van der Waals surface area contributed by atoms with Crippen molar-refractivity contribution in [1.82, 2.24) is 4.90 Å². The first-order valence-electron chi connectivity index (χ1n) is 11.2. The second kappa shape index (κ2) is 8.17. The topological polar surface area (TPSA) is 52.7 Å². The number of hydrogen-bond acceptors (Lipinski definition) is 3. The predicted octanol–water partition coefficient (Wildman–Crippen LogP) is 5.89. The third-order valence-corrected chi connectivity index (χ3v) is 7.80. The molecule has 174 valence electrons. The Morgan fingerprint density at radius 2 is 1.79 bits per heavy atom. The predicted molar refractivity (Wildman–Crippen MR) is 134 cm³/mol. The van der Waals surface area contributed by atoms with Crippen molar-refractivity contribution in [2.75, 3.05) is 16.8 Å². The highest BCUT2D eigenvalue weighted by Crippen LogP contribution is 2.59. The molecule has 5 rings (SSSR count). The van der Waals surface area contributed by atoms with Crippen LogP contribution in [0, 0.1) is 12.7 Å². The van der Waals surface area contributed by atoms with E-state index in [1.807, 2.05) is 55.5 Å². The van der Waals surface area contributed by atoms with Crippen LogP contribution in [0.25, 0.3) is 0 Å². The van der Waals surface area contributed by atoms with Crippen molar-refractivity contribution in [3.05, 3.63) is 95.3 Å². The van der Waals surface area contributed by atoms with E-state index in [9.17, 15) is 14.0 Å². The van der Waals surface area contributed by atoms with Gasteiger partial charge in [0.1, 0.15) is 5.82 Å². The molecule has 1 fully saturated rings. The lowest BCUT2D eigenvalue weighted by molar-refractivity contribution is -0.123. The molecule has 0 saturated carbocycles. The minimum atomic E-state index is -1.17. The van der Waals surface area contributed by atoms with Crippen LogP contribution in [-0.4, -0.2) is 28.1 Å². The minimum Gasteiger partial charge on any atom is -0.308 e. The third kappa shape index (κ3) is 3.74. The van der Waals surface area contributed by atoms with Crippen molar-refractivity contribution in [3.8, 4) is 0 Å². The number of amides is 3. The molecule has 2 aliphatic rings. The number of thioether (sulfide) groups is 1. The van der Waals surface area contributed by atoms with Gasteiger partial charge in [-0.2, -0.15) is 0 Å². The van der Waals surface area contributed by atoms with Gasteiger partial charge in [-0.3, -0.25) is 9.69 Å². The van der Waals surface area contributed by atoms with Gasteiger partial charge in [-0.25, -0.2) is 9.18 Å². The Morgan fingerprint density at radius 3 is 2.53 bits per heavy atom. The molecular weight excluding hydrogens is 449 g/mol. The summed E-state index contributed by atoms with van der Waals surface area (Å²) in [6.45, 7) is 6.79. The van der Waals surface area contributed by atoms with Crippen LogP contribution in [-0.2, 0) is 16.2 Å². The van der Waals surface area contributed by atoms with Crippen LogP contribution in [0.15, 0.2) is 72.8 Å². The summed E-state index contributed by atoms with van der Waals surface area (Å²) in [5.74, 6) is -0.478. The number of anilines is 2. The number of carbonyl (C=O) groups excluding carboxylic acids is 2. The van der Waals surface area contributed by atoms with Gasteiger partial charge in [0.15, 0.2) is 4.87 Å². The summed E-state index contributed by atoms with van der Waals surface area (Å²) in [6, 6.07) is 21.1. The number of hydrogen-bond donors (Lipinski definition) is 1. The smallest absolute Gasteiger partial charge is 0.308 e. The molecule has 0 aliphatic carbocycles. The van der Waals surface area contributed by atoms with Gasteiger partial charge in [-0.1, -0.05) is 42.5 Å². The zero-order valence-corrected chi connectivity index (χ0v) is 20.2. The Hall–Kier alpha value is -3.32. The van der Waals surface area contributed by atoms with Crippen molar-refractivity contribution in [2.24, 2.45) is 0 Å². The molecule has 1 saturated heterocycles. The lowest BCUT2D eigenvalue weighted by Crippen LogP contribution is -2.51. The van der Waals surface area contributed by atoms with E-state index in [1.54, 1.807) is 21.9 Å². The molecule has 1 atom stereocenters.